The maximum Gasteiger partial charge on any atom is 0.321 e. The fourth-order valence-electron chi connectivity index (χ4n) is 2.05. The Morgan fingerprint density at radius 1 is 1.24 bits per heavy atom. The summed E-state index contributed by atoms with van der Waals surface area (Å²) in [6.07, 6.45) is -0.611. The van der Waals surface area contributed by atoms with Crippen molar-refractivity contribution in [3.8, 4) is 6.07 Å². The highest BCUT2D eigenvalue weighted by atomic mass is 35.5. The van der Waals surface area contributed by atoms with Gasteiger partial charge < -0.3 is 4.74 Å². The third kappa shape index (κ3) is 5.03. The van der Waals surface area contributed by atoms with E-state index in [2.05, 4.69) is 4.72 Å². The highest BCUT2D eigenvalue weighted by Gasteiger charge is 2.18. The maximum absolute atomic E-state index is 12.1. The standard InChI is InChI=1S/C17H15ClN2O4S/c1-12(15-4-2-3-5-16(15)18)24-17(21)11-20-25(22,23)14-8-6-13(10-19)7-9-14/h2-9,12,20H,11H2,1H3/t12-/m0/s1. The smallest absolute Gasteiger partial charge is 0.321 e. The minimum atomic E-state index is -3.88. The second-order valence-electron chi connectivity index (χ2n) is 5.11. The van der Waals surface area contributed by atoms with Gasteiger partial charge in [-0.05, 0) is 37.3 Å². The van der Waals surface area contributed by atoms with Crippen molar-refractivity contribution in [3.63, 3.8) is 0 Å². The summed E-state index contributed by atoms with van der Waals surface area (Å²) >= 11 is 6.03. The lowest BCUT2D eigenvalue weighted by molar-refractivity contribution is -0.147. The van der Waals surface area contributed by atoms with Gasteiger partial charge in [0.05, 0.1) is 16.5 Å². The summed E-state index contributed by atoms with van der Waals surface area (Å²) in [5, 5.41) is 9.18. The highest BCUT2D eigenvalue weighted by Crippen LogP contribution is 2.24. The zero-order valence-electron chi connectivity index (χ0n) is 13.3. The zero-order valence-corrected chi connectivity index (χ0v) is 14.8. The second kappa shape index (κ2) is 8.12. The number of rotatable bonds is 6. The molecule has 0 radical (unpaired) electrons. The van der Waals surface area contributed by atoms with E-state index < -0.39 is 28.6 Å². The van der Waals surface area contributed by atoms with Crippen LogP contribution in [0.4, 0.5) is 0 Å². The van der Waals surface area contributed by atoms with Crippen LogP contribution in [0.2, 0.25) is 5.02 Å². The Balaban J connectivity index is 1.96. The summed E-state index contributed by atoms with van der Waals surface area (Å²) in [4.78, 5) is 11.8. The van der Waals surface area contributed by atoms with Crippen molar-refractivity contribution < 1.29 is 17.9 Å². The van der Waals surface area contributed by atoms with Crippen LogP contribution in [-0.4, -0.2) is 20.9 Å². The molecule has 0 fully saturated rings. The van der Waals surface area contributed by atoms with Gasteiger partial charge in [0.15, 0.2) is 0 Å². The first-order chi connectivity index (χ1) is 11.8. The molecule has 2 rings (SSSR count). The number of hydrogen-bond acceptors (Lipinski definition) is 5. The molecule has 0 aliphatic heterocycles. The molecule has 2 aromatic carbocycles. The highest BCUT2D eigenvalue weighted by molar-refractivity contribution is 7.89. The average molecular weight is 379 g/mol. The molecule has 1 N–H and O–H groups in total. The van der Waals surface area contributed by atoms with E-state index in [1.807, 2.05) is 6.07 Å². The van der Waals surface area contributed by atoms with E-state index in [0.29, 0.717) is 16.1 Å². The molecule has 0 bridgehead atoms. The van der Waals surface area contributed by atoms with E-state index in [1.165, 1.54) is 24.3 Å². The van der Waals surface area contributed by atoms with E-state index in [0.717, 1.165) is 0 Å². The molecule has 0 saturated carbocycles. The summed E-state index contributed by atoms with van der Waals surface area (Å²) in [5.74, 6) is -0.732. The molecule has 2 aromatic rings. The Morgan fingerprint density at radius 3 is 2.48 bits per heavy atom. The summed E-state index contributed by atoms with van der Waals surface area (Å²) in [6, 6.07) is 14.2. The van der Waals surface area contributed by atoms with Gasteiger partial charge in [-0.15, -0.1) is 0 Å². The minimum Gasteiger partial charge on any atom is -0.457 e. The topological polar surface area (TPSA) is 96.3 Å². The van der Waals surface area contributed by atoms with Gasteiger partial charge in [-0.25, -0.2) is 8.42 Å². The van der Waals surface area contributed by atoms with Crippen LogP contribution in [0.15, 0.2) is 53.4 Å². The molecule has 0 aliphatic rings. The van der Waals surface area contributed by atoms with Crippen molar-refractivity contribution in [1.29, 1.82) is 5.26 Å². The van der Waals surface area contributed by atoms with Crippen molar-refractivity contribution in [1.82, 2.24) is 4.72 Å². The van der Waals surface area contributed by atoms with Crippen LogP contribution in [0.3, 0.4) is 0 Å². The van der Waals surface area contributed by atoms with Crippen molar-refractivity contribution in [3.05, 3.63) is 64.7 Å². The average Bonchev–Trinajstić information content (AvgIpc) is 2.60. The molecule has 8 heteroatoms. The predicted molar refractivity (Wildman–Crippen MR) is 92.3 cm³/mol. The molecule has 1 atom stereocenters. The Hall–Kier alpha value is -2.40. The van der Waals surface area contributed by atoms with Gasteiger partial charge >= 0.3 is 5.97 Å². The fraction of sp³-hybridized carbons (Fsp3) is 0.176. The van der Waals surface area contributed by atoms with Gasteiger partial charge in [0, 0.05) is 10.6 Å². The zero-order chi connectivity index (χ0) is 18.4. The summed E-state index contributed by atoms with van der Waals surface area (Å²) in [7, 11) is -3.88. The molecule has 0 spiro atoms. The number of benzene rings is 2. The quantitative estimate of drug-likeness (QED) is 0.779. The Bertz CT molecular complexity index is 905. The number of carbonyl (C=O) groups is 1. The van der Waals surface area contributed by atoms with Gasteiger partial charge in [0.2, 0.25) is 10.0 Å². The summed E-state index contributed by atoms with van der Waals surface area (Å²) in [5.41, 5.74) is 0.972. The van der Waals surface area contributed by atoms with Crippen LogP contribution >= 0.6 is 11.6 Å². The van der Waals surface area contributed by atoms with Gasteiger partial charge in [-0.1, -0.05) is 29.8 Å². The first-order valence-corrected chi connectivity index (χ1v) is 9.13. The van der Waals surface area contributed by atoms with E-state index in [1.54, 1.807) is 31.2 Å². The molecule has 0 aliphatic carbocycles. The molecule has 130 valence electrons. The summed E-state index contributed by atoms with van der Waals surface area (Å²) in [6.45, 7) is 1.13. The van der Waals surface area contributed by atoms with Crippen molar-refractivity contribution in [2.45, 2.75) is 17.9 Å². The number of ether oxygens (including phenoxy) is 1. The largest absolute Gasteiger partial charge is 0.457 e. The molecule has 0 saturated heterocycles. The van der Waals surface area contributed by atoms with Crippen molar-refractivity contribution in [2.75, 3.05) is 6.54 Å². The molecule has 0 aromatic heterocycles. The van der Waals surface area contributed by atoms with Gasteiger partial charge in [-0.3, -0.25) is 4.79 Å². The van der Waals surface area contributed by atoms with Crippen LogP contribution in [0.25, 0.3) is 0 Å². The third-order valence-corrected chi connectivity index (χ3v) is 5.11. The fourth-order valence-corrected chi connectivity index (χ4v) is 3.31. The molecule has 0 amide bonds. The van der Waals surface area contributed by atoms with Crippen LogP contribution < -0.4 is 4.72 Å². The molecular weight excluding hydrogens is 364 g/mol. The van der Waals surface area contributed by atoms with Crippen LogP contribution in [-0.2, 0) is 19.6 Å². The maximum atomic E-state index is 12.1. The van der Waals surface area contributed by atoms with E-state index in [-0.39, 0.29) is 4.90 Å². The molecule has 0 unspecified atom stereocenters. The monoisotopic (exact) mass is 378 g/mol. The SMILES string of the molecule is C[C@H](OC(=O)CNS(=O)(=O)c1ccc(C#N)cc1)c1ccccc1Cl. The van der Waals surface area contributed by atoms with E-state index >= 15 is 0 Å². The summed E-state index contributed by atoms with van der Waals surface area (Å²) < 4.78 is 31.6. The third-order valence-electron chi connectivity index (χ3n) is 3.35. The van der Waals surface area contributed by atoms with Crippen LogP contribution in [0, 0.1) is 11.3 Å². The van der Waals surface area contributed by atoms with Gasteiger partial charge in [-0.2, -0.15) is 9.98 Å². The number of nitrogens with zero attached hydrogens (tertiary/aromatic N) is 1. The molecular formula is C17H15ClN2O4S. The number of carbonyl (C=O) groups excluding carboxylic acids is 1. The van der Waals surface area contributed by atoms with E-state index in [4.69, 9.17) is 21.6 Å². The second-order valence-corrected chi connectivity index (χ2v) is 7.29. The first-order valence-electron chi connectivity index (χ1n) is 7.27. The number of nitrogens with one attached hydrogen (secondary N) is 1. The molecule has 0 heterocycles. The Morgan fingerprint density at radius 2 is 1.88 bits per heavy atom. The Kier molecular flexibility index (Phi) is 6.15. The normalized spacial score (nSPS) is 12.2. The van der Waals surface area contributed by atoms with Gasteiger partial charge in [0.1, 0.15) is 12.6 Å². The predicted octanol–water partition coefficient (Wildman–Crippen LogP) is 2.79. The molecule has 6 nitrogen and oxygen atoms in total. The van der Waals surface area contributed by atoms with E-state index in [9.17, 15) is 13.2 Å². The van der Waals surface area contributed by atoms with Gasteiger partial charge in [0.25, 0.3) is 0 Å². The molecule has 25 heavy (non-hydrogen) atoms. The van der Waals surface area contributed by atoms with Crippen LogP contribution in [0.1, 0.15) is 24.2 Å². The van der Waals surface area contributed by atoms with Crippen molar-refractivity contribution in [2.24, 2.45) is 0 Å². The number of sulfonamides is 1. The number of esters is 1. The lowest BCUT2D eigenvalue weighted by atomic mass is 10.1. The number of nitriles is 1. The lowest BCUT2D eigenvalue weighted by Crippen LogP contribution is -2.31. The number of hydrogen-bond donors (Lipinski definition) is 1. The number of halogens is 1. The first kappa shape index (κ1) is 18.9. The van der Waals surface area contributed by atoms with Crippen LogP contribution in [0.5, 0.6) is 0 Å². The lowest BCUT2D eigenvalue weighted by Gasteiger charge is -2.15. The Labute approximate surface area is 151 Å². The minimum absolute atomic E-state index is 0.0431. The van der Waals surface area contributed by atoms with Crippen molar-refractivity contribution >= 4 is 27.6 Å².